The molecule has 0 saturated carbocycles. The maximum absolute atomic E-state index is 5.85. The van der Waals surface area contributed by atoms with Gasteiger partial charge in [-0.25, -0.2) is 4.98 Å². The van der Waals surface area contributed by atoms with Crippen molar-refractivity contribution in [1.29, 1.82) is 0 Å². The fourth-order valence-electron chi connectivity index (χ4n) is 1.52. The second kappa shape index (κ2) is 4.50. The third-order valence-electron chi connectivity index (χ3n) is 2.34. The normalized spacial score (nSPS) is 10.5. The quantitative estimate of drug-likeness (QED) is 0.701. The van der Waals surface area contributed by atoms with Gasteiger partial charge in [-0.2, -0.15) is 4.68 Å². The molecule has 0 saturated heterocycles. The fraction of sp³-hybridized carbons (Fsp3) is 0. The Morgan fingerprint density at radius 2 is 1.89 bits per heavy atom. The molecule has 0 N–H and O–H groups in total. The number of hydrogen-bond donors (Lipinski definition) is 0. The van der Waals surface area contributed by atoms with E-state index in [0.717, 1.165) is 5.56 Å². The lowest BCUT2D eigenvalue weighted by atomic mass is 10.2. The predicted molar refractivity (Wildman–Crippen MR) is 65.2 cm³/mol. The smallest absolute Gasteiger partial charge is 0.188 e. The molecule has 0 atom stereocenters. The summed E-state index contributed by atoms with van der Waals surface area (Å²) in [6.45, 7) is 0. The van der Waals surface area contributed by atoms with Crippen molar-refractivity contribution in [2.45, 2.75) is 0 Å². The average molecular weight is 259 g/mol. The van der Waals surface area contributed by atoms with Crippen LogP contribution in [0.4, 0.5) is 0 Å². The van der Waals surface area contributed by atoms with Gasteiger partial charge in [0.05, 0.1) is 6.20 Å². The maximum Gasteiger partial charge on any atom is 0.188 e. The zero-order chi connectivity index (χ0) is 12.4. The number of nitrogens with zero attached hydrogens (tertiary/aromatic N) is 6. The van der Waals surface area contributed by atoms with Gasteiger partial charge in [0, 0.05) is 23.0 Å². The summed E-state index contributed by atoms with van der Waals surface area (Å²) in [5, 5.41) is 12.2. The van der Waals surface area contributed by atoms with Crippen molar-refractivity contribution in [3.63, 3.8) is 0 Å². The minimum absolute atomic E-state index is 0.562. The predicted octanol–water partition coefficient (Wildman–Crippen LogP) is 1.77. The highest BCUT2D eigenvalue weighted by Crippen LogP contribution is 2.20. The maximum atomic E-state index is 5.85. The first kappa shape index (κ1) is 10.8. The summed E-state index contributed by atoms with van der Waals surface area (Å²) in [6.07, 6.45) is 4.77. The van der Waals surface area contributed by atoms with Gasteiger partial charge >= 0.3 is 0 Å². The van der Waals surface area contributed by atoms with E-state index < -0.39 is 0 Å². The lowest BCUT2D eigenvalue weighted by Gasteiger charge is -2.02. The Labute approximate surface area is 107 Å². The zero-order valence-corrected chi connectivity index (χ0v) is 9.86. The van der Waals surface area contributed by atoms with E-state index in [2.05, 4.69) is 25.5 Å². The molecule has 0 amide bonds. The number of tetrazole rings is 1. The van der Waals surface area contributed by atoms with Gasteiger partial charge in [-0.05, 0) is 34.7 Å². The van der Waals surface area contributed by atoms with Gasteiger partial charge in [0.2, 0.25) is 0 Å². The summed E-state index contributed by atoms with van der Waals surface area (Å²) in [5.41, 5.74) is 0.857. The second-order valence-corrected chi connectivity index (χ2v) is 3.92. The minimum atomic E-state index is 0.562. The highest BCUT2D eigenvalue weighted by Gasteiger charge is 2.11. The van der Waals surface area contributed by atoms with E-state index in [4.69, 9.17) is 11.6 Å². The van der Waals surface area contributed by atoms with Gasteiger partial charge in [-0.15, -0.1) is 5.10 Å². The summed E-state index contributed by atoms with van der Waals surface area (Å²) >= 11 is 5.85. The Balaban J connectivity index is 2.10. The Kier molecular flexibility index (Phi) is 2.70. The van der Waals surface area contributed by atoms with Crippen LogP contribution in [0.2, 0.25) is 5.02 Å². The Hall–Kier alpha value is -2.34. The van der Waals surface area contributed by atoms with Gasteiger partial charge < -0.3 is 0 Å². The summed E-state index contributed by atoms with van der Waals surface area (Å²) in [6, 6.07) is 7.26. The van der Waals surface area contributed by atoms with Gasteiger partial charge in [-0.3, -0.25) is 4.98 Å². The molecule has 0 radical (unpaired) electrons. The van der Waals surface area contributed by atoms with E-state index in [0.29, 0.717) is 16.7 Å². The zero-order valence-electron chi connectivity index (χ0n) is 9.10. The van der Waals surface area contributed by atoms with Crippen LogP contribution in [0.3, 0.4) is 0 Å². The van der Waals surface area contributed by atoms with E-state index in [1.165, 1.54) is 4.68 Å². The van der Waals surface area contributed by atoms with E-state index in [1.54, 1.807) is 30.7 Å². The molecule has 7 heteroatoms. The molecule has 0 fully saturated rings. The largest absolute Gasteiger partial charge is 0.259 e. The van der Waals surface area contributed by atoms with E-state index in [-0.39, 0.29) is 0 Å². The molecule has 3 rings (SSSR count). The summed E-state index contributed by atoms with van der Waals surface area (Å²) in [7, 11) is 0. The van der Waals surface area contributed by atoms with Crippen molar-refractivity contribution < 1.29 is 0 Å². The van der Waals surface area contributed by atoms with E-state index in [9.17, 15) is 0 Å². The highest BCUT2D eigenvalue weighted by atomic mass is 35.5. The van der Waals surface area contributed by atoms with Crippen molar-refractivity contribution in [3.05, 3.63) is 47.9 Å². The molecule has 0 aliphatic carbocycles. The first-order chi connectivity index (χ1) is 8.84. The number of halogens is 1. The molecule has 2 aromatic heterocycles. The number of benzene rings is 1. The monoisotopic (exact) mass is 258 g/mol. The van der Waals surface area contributed by atoms with Crippen LogP contribution in [0.25, 0.3) is 17.2 Å². The van der Waals surface area contributed by atoms with Crippen LogP contribution >= 0.6 is 11.6 Å². The molecule has 0 bridgehead atoms. The van der Waals surface area contributed by atoms with Crippen LogP contribution in [0, 0.1) is 0 Å². The van der Waals surface area contributed by atoms with Gasteiger partial charge in [-0.1, -0.05) is 11.6 Å². The number of rotatable bonds is 2. The molecule has 3 aromatic rings. The molecular formula is C11H7ClN6. The van der Waals surface area contributed by atoms with Crippen LogP contribution in [-0.4, -0.2) is 30.2 Å². The van der Waals surface area contributed by atoms with Crippen LogP contribution in [-0.2, 0) is 0 Å². The van der Waals surface area contributed by atoms with Crippen LogP contribution in [0.1, 0.15) is 0 Å². The van der Waals surface area contributed by atoms with Crippen LogP contribution < -0.4 is 0 Å². The standard InChI is InChI=1S/C11H7ClN6/c12-9-3-1-8(2-4-9)11-15-16-17-18(11)10-7-13-5-6-14-10/h1-7H. The molecule has 0 aliphatic heterocycles. The van der Waals surface area contributed by atoms with Crippen molar-refractivity contribution in [2.24, 2.45) is 0 Å². The van der Waals surface area contributed by atoms with E-state index >= 15 is 0 Å². The third kappa shape index (κ3) is 1.93. The molecule has 0 unspecified atom stereocenters. The summed E-state index contributed by atoms with van der Waals surface area (Å²) in [5.74, 6) is 1.15. The Morgan fingerprint density at radius 3 is 2.61 bits per heavy atom. The first-order valence-electron chi connectivity index (χ1n) is 5.15. The topological polar surface area (TPSA) is 69.4 Å². The van der Waals surface area contributed by atoms with E-state index in [1.807, 2.05) is 12.1 Å². The highest BCUT2D eigenvalue weighted by molar-refractivity contribution is 6.30. The van der Waals surface area contributed by atoms with Crippen LogP contribution in [0.15, 0.2) is 42.9 Å². The number of hydrogen-bond acceptors (Lipinski definition) is 5. The molecule has 6 nitrogen and oxygen atoms in total. The van der Waals surface area contributed by atoms with Crippen LogP contribution in [0.5, 0.6) is 0 Å². The fourth-order valence-corrected chi connectivity index (χ4v) is 1.65. The summed E-state index contributed by atoms with van der Waals surface area (Å²) in [4.78, 5) is 8.15. The lowest BCUT2D eigenvalue weighted by molar-refractivity contribution is 0.769. The SMILES string of the molecule is Clc1ccc(-c2nnnn2-c2cnccn2)cc1. The average Bonchev–Trinajstić information content (AvgIpc) is 2.90. The van der Waals surface area contributed by atoms with Gasteiger partial charge in [0.1, 0.15) is 0 Å². The Bertz CT molecular complexity index is 649. The number of aromatic nitrogens is 6. The lowest BCUT2D eigenvalue weighted by Crippen LogP contribution is -2.02. The summed E-state index contributed by atoms with van der Waals surface area (Å²) < 4.78 is 1.52. The molecule has 1 aromatic carbocycles. The van der Waals surface area contributed by atoms with Gasteiger partial charge in [0.15, 0.2) is 11.6 Å². The molecule has 0 aliphatic rings. The molecule has 18 heavy (non-hydrogen) atoms. The first-order valence-corrected chi connectivity index (χ1v) is 5.53. The van der Waals surface area contributed by atoms with Gasteiger partial charge in [0.25, 0.3) is 0 Å². The van der Waals surface area contributed by atoms with Crippen molar-refractivity contribution in [2.75, 3.05) is 0 Å². The Morgan fingerprint density at radius 1 is 1.06 bits per heavy atom. The minimum Gasteiger partial charge on any atom is -0.259 e. The molecule has 88 valence electrons. The molecule has 0 spiro atoms. The third-order valence-corrected chi connectivity index (χ3v) is 2.59. The van der Waals surface area contributed by atoms with Crippen molar-refractivity contribution in [3.8, 4) is 17.2 Å². The molecular weight excluding hydrogens is 252 g/mol. The van der Waals surface area contributed by atoms with Crippen molar-refractivity contribution >= 4 is 11.6 Å². The molecule has 2 heterocycles. The van der Waals surface area contributed by atoms with Crippen molar-refractivity contribution in [1.82, 2.24) is 30.2 Å². The second-order valence-electron chi connectivity index (χ2n) is 3.48.